The van der Waals surface area contributed by atoms with E-state index in [-0.39, 0.29) is 30.4 Å². The highest BCUT2D eigenvalue weighted by molar-refractivity contribution is 5.81. The second-order valence-electron chi connectivity index (χ2n) is 6.20. The van der Waals surface area contributed by atoms with Gasteiger partial charge in [-0.2, -0.15) is 5.10 Å². The number of aromatic nitrogens is 2. The number of hydrogen-bond donors (Lipinski definition) is 1. The van der Waals surface area contributed by atoms with Crippen LogP contribution in [0.1, 0.15) is 25.1 Å². The van der Waals surface area contributed by atoms with Gasteiger partial charge in [0.25, 0.3) is 0 Å². The second-order valence-corrected chi connectivity index (χ2v) is 6.20. The zero-order chi connectivity index (χ0) is 15.7. The number of nitrogens with zero attached hydrogens (tertiary/aromatic N) is 3. The van der Waals surface area contributed by atoms with Gasteiger partial charge in [-0.25, -0.2) is 0 Å². The van der Waals surface area contributed by atoms with Crippen LogP contribution in [0.4, 0.5) is 0 Å². The molecule has 1 fully saturated rings. The van der Waals surface area contributed by atoms with E-state index in [1.165, 1.54) is 7.11 Å². The normalized spacial score (nSPS) is 26.5. The van der Waals surface area contributed by atoms with Crippen molar-refractivity contribution in [3.05, 3.63) is 18.0 Å². The fraction of sp³-hybridized carbons (Fsp3) is 0.667. The molecular formula is C15H22N4O3. The molecule has 7 nitrogen and oxygen atoms in total. The van der Waals surface area contributed by atoms with Gasteiger partial charge in [0.15, 0.2) is 0 Å². The fourth-order valence-electron chi connectivity index (χ4n) is 3.02. The topological polar surface area (TPSA) is 76.5 Å². The lowest BCUT2D eigenvalue weighted by atomic mass is 10.1. The van der Waals surface area contributed by atoms with Crippen molar-refractivity contribution in [3.63, 3.8) is 0 Å². The van der Waals surface area contributed by atoms with Gasteiger partial charge in [0.1, 0.15) is 6.61 Å². The zero-order valence-corrected chi connectivity index (χ0v) is 13.0. The number of carbonyl (C=O) groups excluding carboxylic acids is 2. The minimum Gasteiger partial charge on any atom is -0.375 e. The summed E-state index contributed by atoms with van der Waals surface area (Å²) in [6.07, 6.45) is 2.73. The fourth-order valence-corrected chi connectivity index (χ4v) is 3.02. The first kappa shape index (κ1) is 15.0. The van der Waals surface area contributed by atoms with Crippen molar-refractivity contribution in [3.8, 4) is 0 Å². The summed E-state index contributed by atoms with van der Waals surface area (Å²) in [6.45, 7) is 3.79. The summed E-state index contributed by atoms with van der Waals surface area (Å²) in [6, 6.07) is 1.90. The van der Waals surface area contributed by atoms with Gasteiger partial charge in [0, 0.05) is 32.3 Å². The number of ether oxygens (including phenoxy) is 1. The van der Waals surface area contributed by atoms with Crippen LogP contribution in [0.25, 0.3) is 0 Å². The van der Waals surface area contributed by atoms with Crippen molar-refractivity contribution in [2.45, 2.75) is 25.9 Å². The molecule has 1 aliphatic carbocycles. The molecule has 3 atom stereocenters. The van der Waals surface area contributed by atoms with E-state index in [1.807, 2.05) is 15.6 Å². The maximum Gasteiger partial charge on any atom is 0.246 e. The van der Waals surface area contributed by atoms with Crippen LogP contribution in [0.5, 0.6) is 0 Å². The van der Waals surface area contributed by atoms with E-state index in [0.717, 1.165) is 12.1 Å². The molecule has 2 heterocycles. The molecule has 1 aromatic heterocycles. The third-order valence-corrected chi connectivity index (χ3v) is 4.43. The predicted octanol–water partition coefficient (Wildman–Crippen LogP) is 0.185. The molecule has 1 aliphatic heterocycles. The van der Waals surface area contributed by atoms with Crippen molar-refractivity contribution < 1.29 is 14.3 Å². The molecule has 0 spiro atoms. The quantitative estimate of drug-likeness (QED) is 0.842. The number of rotatable bonds is 5. The van der Waals surface area contributed by atoms with Crippen LogP contribution in [0, 0.1) is 11.8 Å². The van der Waals surface area contributed by atoms with Crippen molar-refractivity contribution in [1.29, 1.82) is 0 Å². The van der Waals surface area contributed by atoms with Crippen LogP contribution in [-0.2, 0) is 20.9 Å². The smallest absolute Gasteiger partial charge is 0.246 e. The van der Waals surface area contributed by atoms with Gasteiger partial charge >= 0.3 is 0 Å². The standard InChI is InChI=1S/C15H22N4O3/c1-10-5-13(10)15(21)18-7-11-3-4-17-19(11)12(8-18)6-16-14(20)9-22-2/h3-4,10,12-13H,5-9H2,1-2H3,(H,16,20)/t10-,12+,13-/m0/s1. The van der Waals surface area contributed by atoms with Crippen LogP contribution in [0.3, 0.4) is 0 Å². The monoisotopic (exact) mass is 306 g/mol. The molecule has 1 aromatic rings. The van der Waals surface area contributed by atoms with Gasteiger partial charge in [0.05, 0.1) is 18.3 Å². The Bertz CT molecular complexity index is 571. The first-order valence-corrected chi connectivity index (χ1v) is 7.67. The number of methoxy groups -OCH3 is 1. The molecule has 0 saturated heterocycles. The molecule has 0 radical (unpaired) electrons. The van der Waals surface area contributed by atoms with Gasteiger partial charge in [-0.3, -0.25) is 14.3 Å². The molecule has 0 bridgehead atoms. The van der Waals surface area contributed by atoms with Crippen molar-refractivity contribution >= 4 is 11.8 Å². The molecule has 1 saturated carbocycles. The van der Waals surface area contributed by atoms with Crippen LogP contribution in [-0.4, -0.2) is 53.3 Å². The van der Waals surface area contributed by atoms with Crippen LogP contribution >= 0.6 is 0 Å². The maximum absolute atomic E-state index is 12.5. The van der Waals surface area contributed by atoms with E-state index in [0.29, 0.717) is 25.6 Å². The molecule has 22 heavy (non-hydrogen) atoms. The Morgan fingerprint density at radius 3 is 2.95 bits per heavy atom. The molecule has 2 aliphatic rings. The number of carbonyl (C=O) groups is 2. The highest BCUT2D eigenvalue weighted by atomic mass is 16.5. The van der Waals surface area contributed by atoms with Gasteiger partial charge in [-0.15, -0.1) is 0 Å². The van der Waals surface area contributed by atoms with Gasteiger partial charge in [0.2, 0.25) is 11.8 Å². The van der Waals surface area contributed by atoms with E-state index >= 15 is 0 Å². The Hall–Kier alpha value is -1.89. The Labute approximate surface area is 129 Å². The van der Waals surface area contributed by atoms with Gasteiger partial charge < -0.3 is 15.0 Å². The third kappa shape index (κ3) is 2.99. The summed E-state index contributed by atoms with van der Waals surface area (Å²) in [5, 5.41) is 7.16. The van der Waals surface area contributed by atoms with Crippen molar-refractivity contribution in [2.75, 3.05) is 26.8 Å². The van der Waals surface area contributed by atoms with Crippen LogP contribution < -0.4 is 5.32 Å². The van der Waals surface area contributed by atoms with Gasteiger partial charge in [-0.1, -0.05) is 6.92 Å². The average Bonchev–Trinajstić information content (AvgIpc) is 3.04. The molecule has 1 N–H and O–H groups in total. The first-order valence-electron chi connectivity index (χ1n) is 7.67. The molecule has 7 heteroatoms. The number of fused-ring (bicyclic) bond motifs is 1. The van der Waals surface area contributed by atoms with E-state index in [1.54, 1.807) is 6.20 Å². The Morgan fingerprint density at radius 1 is 1.50 bits per heavy atom. The second kappa shape index (κ2) is 6.08. The Kier molecular flexibility index (Phi) is 4.15. The Balaban J connectivity index is 1.67. The first-order chi connectivity index (χ1) is 10.6. The predicted molar refractivity (Wildman–Crippen MR) is 78.8 cm³/mol. The van der Waals surface area contributed by atoms with Gasteiger partial charge in [-0.05, 0) is 18.4 Å². The molecule has 2 amide bonds. The highest BCUT2D eigenvalue weighted by Crippen LogP contribution is 2.40. The third-order valence-electron chi connectivity index (χ3n) is 4.43. The van der Waals surface area contributed by atoms with Crippen molar-refractivity contribution in [2.24, 2.45) is 11.8 Å². The highest BCUT2D eigenvalue weighted by Gasteiger charge is 2.43. The average molecular weight is 306 g/mol. The summed E-state index contributed by atoms with van der Waals surface area (Å²) in [7, 11) is 1.49. The summed E-state index contributed by atoms with van der Waals surface area (Å²) >= 11 is 0. The van der Waals surface area contributed by atoms with E-state index < -0.39 is 0 Å². The maximum atomic E-state index is 12.5. The summed E-state index contributed by atoms with van der Waals surface area (Å²) in [5.41, 5.74) is 1.01. The van der Waals surface area contributed by atoms with E-state index in [4.69, 9.17) is 4.74 Å². The lowest BCUT2D eigenvalue weighted by Crippen LogP contribution is -2.46. The minimum absolute atomic E-state index is 0.0300. The molecular weight excluding hydrogens is 284 g/mol. The SMILES string of the molecule is COCC(=O)NC[C@@H]1CN(C(=O)[C@H]2C[C@@H]2C)Cc2ccnn21. The minimum atomic E-state index is -0.157. The summed E-state index contributed by atoms with van der Waals surface area (Å²) < 4.78 is 6.72. The van der Waals surface area contributed by atoms with Crippen LogP contribution in [0.15, 0.2) is 12.3 Å². The number of hydrogen-bond acceptors (Lipinski definition) is 4. The molecule has 0 aromatic carbocycles. The molecule has 0 unspecified atom stereocenters. The number of amides is 2. The van der Waals surface area contributed by atoms with Crippen molar-refractivity contribution in [1.82, 2.24) is 20.0 Å². The number of nitrogens with one attached hydrogen (secondary N) is 1. The lowest BCUT2D eigenvalue weighted by molar-refractivity contribution is -0.135. The molecule has 120 valence electrons. The summed E-state index contributed by atoms with van der Waals surface area (Å²) in [5.74, 6) is 0.751. The van der Waals surface area contributed by atoms with E-state index in [2.05, 4.69) is 17.3 Å². The zero-order valence-electron chi connectivity index (χ0n) is 13.0. The largest absolute Gasteiger partial charge is 0.375 e. The lowest BCUT2D eigenvalue weighted by Gasteiger charge is -2.34. The summed E-state index contributed by atoms with van der Waals surface area (Å²) in [4.78, 5) is 25.9. The molecule has 3 rings (SSSR count). The Morgan fingerprint density at radius 2 is 2.27 bits per heavy atom. The van der Waals surface area contributed by atoms with Crippen LogP contribution in [0.2, 0.25) is 0 Å². The van der Waals surface area contributed by atoms with E-state index in [9.17, 15) is 9.59 Å².